The first-order valence-electron chi connectivity index (χ1n) is 5.57. The third-order valence-corrected chi connectivity index (χ3v) is 3.31. The van der Waals surface area contributed by atoms with Crippen molar-refractivity contribution in [1.29, 1.82) is 0 Å². The minimum Gasteiger partial charge on any atom is -0.394 e. The van der Waals surface area contributed by atoms with Gasteiger partial charge in [-0.3, -0.25) is 0 Å². The van der Waals surface area contributed by atoms with Gasteiger partial charge < -0.3 is 15.3 Å². The SMILES string of the molecule is CC1CN(c2ccccc2Cl)C(CO)CN1. The highest BCUT2D eigenvalue weighted by molar-refractivity contribution is 6.33. The van der Waals surface area contributed by atoms with Crippen molar-refractivity contribution in [1.82, 2.24) is 5.32 Å². The second-order valence-electron chi connectivity index (χ2n) is 4.25. The summed E-state index contributed by atoms with van der Waals surface area (Å²) in [6.45, 7) is 3.94. The largest absolute Gasteiger partial charge is 0.394 e. The van der Waals surface area contributed by atoms with Crippen molar-refractivity contribution in [2.45, 2.75) is 19.0 Å². The van der Waals surface area contributed by atoms with E-state index < -0.39 is 0 Å². The minimum absolute atomic E-state index is 0.107. The summed E-state index contributed by atoms with van der Waals surface area (Å²) in [7, 11) is 0. The number of aliphatic hydroxyl groups excluding tert-OH is 1. The van der Waals surface area contributed by atoms with E-state index in [1.54, 1.807) is 0 Å². The Hall–Kier alpha value is -0.770. The number of nitrogens with one attached hydrogen (secondary N) is 1. The van der Waals surface area contributed by atoms with E-state index in [9.17, 15) is 5.11 Å². The first kappa shape index (κ1) is 11.7. The standard InChI is InChI=1S/C12H17ClN2O/c1-9-7-15(10(8-16)6-14-9)12-5-3-2-4-11(12)13/h2-5,9-10,14,16H,6-8H2,1H3. The summed E-state index contributed by atoms with van der Waals surface area (Å²) < 4.78 is 0. The van der Waals surface area contributed by atoms with Crippen LogP contribution in [-0.2, 0) is 0 Å². The molecule has 2 rings (SSSR count). The molecule has 0 spiro atoms. The summed E-state index contributed by atoms with van der Waals surface area (Å²) in [5.41, 5.74) is 1.01. The van der Waals surface area contributed by atoms with Crippen molar-refractivity contribution < 1.29 is 5.11 Å². The van der Waals surface area contributed by atoms with E-state index in [1.807, 2.05) is 24.3 Å². The van der Waals surface area contributed by atoms with Gasteiger partial charge in [-0.2, -0.15) is 0 Å². The topological polar surface area (TPSA) is 35.5 Å². The Morgan fingerprint density at radius 2 is 2.25 bits per heavy atom. The van der Waals surface area contributed by atoms with Gasteiger partial charge in [0.25, 0.3) is 0 Å². The predicted molar refractivity (Wildman–Crippen MR) is 67.1 cm³/mol. The highest BCUT2D eigenvalue weighted by Gasteiger charge is 2.26. The van der Waals surface area contributed by atoms with E-state index >= 15 is 0 Å². The summed E-state index contributed by atoms with van der Waals surface area (Å²) in [6, 6.07) is 8.31. The third kappa shape index (κ3) is 2.32. The van der Waals surface area contributed by atoms with Gasteiger partial charge in [-0.15, -0.1) is 0 Å². The molecule has 1 saturated heterocycles. The van der Waals surface area contributed by atoms with Gasteiger partial charge in [0.1, 0.15) is 0 Å². The number of aliphatic hydroxyl groups is 1. The fourth-order valence-corrected chi connectivity index (χ4v) is 2.34. The van der Waals surface area contributed by atoms with Gasteiger partial charge in [-0.05, 0) is 19.1 Å². The molecule has 1 aliphatic rings. The monoisotopic (exact) mass is 240 g/mol. The van der Waals surface area contributed by atoms with Crippen LogP contribution in [0.25, 0.3) is 0 Å². The maximum absolute atomic E-state index is 9.38. The molecule has 2 unspecified atom stereocenters. The zero-order chi connectivity index (χ0) is 11.5. The Bertz CT molecular complexity index is 359. The molecule has 2 N–H and O–H groups in total. The summed E-state index contributed by atoms with van der Waals surface area (Å²) in [4.78, 5) is 2.18. The Morgan fingerprint density at radius 1 is 1.50 bits per heavy atom. The summed E-state index contributed by atoms with van der Waals surface area (Å²) in [5.74, 6) is 0. The number of anilines is 1. The van der Waals surface area contributed by atoms with Crippen LogP contribution >= 0.6 is 11.6 Å². The van der Waals surface area contributed by atoms with Crippen molar-refractivity contribution >= 4 is 17.3 Å². The van der Waals surface area contributed by atoms with Gasteiger partial charge in [-0.25, -0.2) is 0 Å². The van der Waals surface area contributed by atoms with E-state index in [4.69, 9.17) is 11.6 Å². The van der Waals surface area contributed by atoms with Gasteiger partial charge in [-0.1, -0.05) is 23.7 Å². The quantitative estimate of drug-likeness (QED) is 0.823. The molecule has 0 amide bonds. The average molecular weight is 241 g/mol. The van der Waals surface area contributed by atoms with E-state index in [0.717, 1.165) is 23.8 Å². The molecule has 1 aliphatic heterocycles. The summed E-state index contributed by atoms with van der Waals surface area (Å²) in [5, 5.41) is 13.5. The Kier molecular flexibility index (Phi) is 3.69. The highest BCUT2D eigenvalue weighted by atomic mass is 35.5. The molecule has 2 atom stereocenters. The van der Waals surface area contributed by atoms with Crippen LogP contribution in [0.1, 0.15) is 6.92 Å². The molecule has 0 bridgehead atoms. The van der Waals surface area contributed by atoms with Crippen molar-refractivity contribution in [2.75, 3.05) is 24.6 Å². The van der Waals surface area contributed by atoms with E-state index in [1.165, 1.54) is 0 Å². The smallest absolute Gasteiger partial charge is 0.0647 e. The Balaban J connectivity index is 2.26. The summed E-state index contributed by atoms with van der Waals surface area (Å²) >= 11 is 6.18. The summed E-state index contributed by atoms with van der Waals surface area (Å²) in [6.07, 6.45) is 0. The molecule has 1 aromatic rings. The van der Waals surface area contributed by atoms with Crippen LogP contribution in [0.5, 0.6) is 0 Å². The molecule has 0 radical (unpaired) electrons. The lowest BCUT2D eigenvalue weighted by Gasteiger charge is -2.40. The van der Waals surface area contributed by atoms with Crippen LogP contribution in [0.3, 0.4) is 0 Å². The van der Waals surface area contributed by atoms with Gasteiger partial charge in [0, 0.05) is 19.1 Å². The average Bonchev–Trinajstić information content (AvgIpc) is 2.29. The molecule has 16 heavy (non-hydrogen) atoms. The molecule has 0 aliphatic carbocycles. The maximum atomic E-state index is 9.38. The van der Waals surface area contributed by atoms with Crippen molar-refractivity contribution in [3.8, 4) is 0 Å². The van der Waals surface area contributed by atoms with Crippen LogP contribution in [-0.4, -0.2) is 36.9 Å². The zero-order valence-corrected chi connectivity index (χ0v) is 10.1. The van der Waals surface area contributed by atoms with Crippen molar-refractivity contribution in [3.63, 3.8) is 0 Å². The lowest BCUT2D eigenvalue weighted by molar-refractivity contribution is 0.237. The molecule has 0 saturated carbocycles. The molecule has 1 fully saturated rings. The number of hydrogen-bond acceptors (Lipinski definition) is 3. The van der Waals surface area contributed by atoms with Crippen LogP contribution in [0.2, 0.25) is 5.02 Å². The lowest BCUT2D eigenvalue weighted by atomic mass is 10.1. The van der Waals surface area contributed by atoms with Gasteiger partial charge in [0.15, 0.2) is 0 Å². The molecule has 88 valence electrons. The number of rotatable bonds is 2. The molecular formula is C12H17ClN2O. The number of halogens is 1. The second kappa shape index (κ2) is 5.04. The molecule has 0 aromatic heterocycles. The highest BCUT2D eigenvalue weighted by Crippen LogP contribution is 2.27. The Morgan fingerprint density at radius 3 is 2.94 bits per heavy atom. The van der Waals surface area contributed by atoms with Crippen LogP contribution < -0.4 is 10.2 Å². The molecule has 3 nitrogen and oxygen atoms in total. The van der Waals surface area contributed by atoms with E-state index in [-0.39, 0.29) is 12.6 Å². The van der Waals surface area contributed by atoms with Crippen molar-refractivity contribution in [2.24, 2.45) is 0 Å². The second-order valence-corrected chi connectivity index (χ2v) is 4.66. The molecule has 4 heteroatoms. The maximum Gasteiger partial charge on any atom is 0.0647 e. The zero-order valence-electron chi connectivity index (χ0n) is 9.36. The number of hydrogen-bond donors (Lipinski definition) is 2. The fraction of sp³-hybridized carbons (Fsp3) is 0.500. The molecular weight excluding hydrogens is 224 g/mol. The van der Waals surface area contributed by atoms with Crippen LogP contribution in [0.15, 0.2) is 24.3 Å². The molecule has 1 heterocycles. The van der Waals surface area contributed by atoms with Gasteiger partial charge >= 0.3 is 0 Å². The van der Waals surface area contributed by atoms with E-state index in [0.29, 0.717) is 6.04 Å². The van der Waals surface area contributed by atoms with Gasteiger partial charge in [0.2, 0.25) is 0 Å². The third-order valence-electron chi connectivity index (χ3n) is 2.99. The number of nitrogens with zero attached hydrogens (tertiary/aromatic N) is 1. The lowest BCUT2D eigenvalue weighted by Crippen LogP contribution is -2.57. The first-order valence-corrected chi connectivity index (χ1v) is 5.95. The normalized spacial score (nSPS) is 25.8. The number of para-hydroxylation sites is 1. The minimum atomic E-state index is 0.107. The Labute approximate surface area is 101 Å². The number of piperazine rings is 1. The van der Waals surface area contributed by atoms with Crippen LogP contribution in [0, 0.1) is 0 Å². The van der Waals surface area contributed by atoms with Crippen LogP contribution in [0.4, 0.5) is 5.69 Å². The predicted octanol–water partition coefficient (Wildman–Crippen LogP) is 1.50. The fourth-order valence-electron chi connectivity index (χ4n) is 2.10. The molecule has 1 aromatic carbocycles. The van der Waals surface area contributed by atoms with Gasteiger partial charge in [0.05, 0.1) is 23.4 Å². The van der Waals surface area contributed by atoms with E-state index in [2.05, 4.69) is 17.1 Å². The van der Waals surface area contributed by atoms with Crippen molar-refractivity contribution in [3.05, 3.63) is 29.3 Å². The number of benzene rings is 1. The first-order chi connectivity index (χ1) is 7.72.